The van der Waals surface area contributed by atoms with Crippen LogP contribution in [0.4, 0.5) is 0 Å². The van der Waals surface area contributed by atoms with Crippen molar-refractivity contribution in [1.82, 2.24) is 5.32 Å². The summed E-state index contributed by atoms with van der Waals surface area (Å²) in [6.07, 6.45) is 23.6. The molecule has 2 nitrogen and oxygen atoms in total. The van der Waals surface area contributed by atoms with Crippen LogP contribution in [0.3, 0.4) is 0 Å². The maximum atomic E-state index is 8.38. The molecule has 0 aliphatic rings. The van der Waals surface area contributed by atoms with Crippen molar-refractivity contribution in [3.63, 3.8) is 0 Å². The molecule has 0 aromatic carbocycles. The number of rotatable bonds is 17. The predicted molar refractivity (Wildman–Crippen MR) is 97.9 cm³/mol. The molecule has 128 valence electrons. The number of nitriles is 1. The molecule has 0 saturated carbocycles. The third-order valence-electron chi connectivity index (χ3n) is 4.07. The third kappa shape index (κ3) is 19.2. The Bertz CT molecular complexity index is 265. The zero-order chi connectivity index (χ0) is 16.1. The van der Waals surface area contributed by atoms with E-state index in [1.54, 1.807) is 0 Å². The standard InChI is InChI=1S/C20H38N2/c1-2-3-4-5-6-7-8-9-10-11-12-13-14-15-16-17-19-22-20-18-21/h9-10,22H,2-8,11-17,19-20H2,1H3/b10-9-. The van der Waals surface area contributed by atoms with E-state index in [1.807, 2.05) is 0 Å². The van der Waals surface area contributed by atoms with Crippen molar-refractivity contribution in [2.45, 2.75) is 96.8 Å². The molecule has 0 heterocycles. The Labute approximate surface area is 139 Å². The molecule has 0 amide bonds. The van der Waals surface area contributed by atoms with E-state index in [2.05, 4.69) is 30.5 Å². The molecule has 22 heavy (non-hydrogen) atoms. The molecule has 0 unspecified atom stereocenters. The van der Waals surface area contributed by atoms with E-state index in [4.69, 9.17) is 5.26 Å². The van der Waals surface area contributed by atoms with E-state index in [0.29, 0.717) is 6.54 Å². The Morgan fingerprint density at radius 3 is 1.77 bits per heavy atom. The van der Waals surface area contributed by atoms with Gasteiger partial charge in [-0.3, -0.25) is 0 Å². The van der Waals surface area contributed by atoms with Crippen LogP contribution < -0.4 is 5.32 Å². The molecule has 0 aliphatic heterocycles. The molecule has 0 aromatic heterocycles. The summed E-state index contributed by atoms with van der Waals surface area (Å²) in [6.45, 7) is 3.76. The first-order chi connectivity index (χ1) is 10.9. The van der Waals surface area contributed by atoms with Crippen molar-refractivity contribution in [2.24, 2.45) is 0 Å². The van der Waals surface area contributed by atoms with Crippen molar-refractivity contribution in [3.8, 4) is 6.07 Å². The topological polar surface area (TPSA) is 35.8 Å². The Morgan fingerprint density at radius 2 is 1.23 bits per heavy atom. The maximum absolute atomic E-state index is 8.38. The van der Waals surface area contributed by atoms with E-state index >= 15 is 0 Å². The minimum atomic E-state index is 0.491. The molecular formula is C20H38N2. The van der Waals surface area contributed by atoms with Gasteiger partial charge in [0.15, 0.2) is 0 Å². The van der Waals surface area contributed by atoms with Gasteiger partial charge in [-0.25, -0.2) is 0 Å². The average Bonchev–Trinajstić information content (AvgIpc) is 2.54. The second kappa shape index (κ2) is 20.2. The Kier molecular flexibility index (Phi) is 19.4. The van der Waals surface area contributed by atoms with Gasteiger partial charge < -0.3 is 5.32 Å². The van der Waals surface area contributed by atoms with Crippen LogP contribution in [0, 0.1) is 11.3 Å². The molecule has 0 atom stereocenters. The monoisotopic (exact) mass is 306 g/mol. The first kappa shape index (κ1) is 21.2. The highest BCUT2D eigenvalue weighted by molar-refractivity contribution is 4.81. The summed E-state index contributed by atoms with van der Waals surface area (Å²) in [4.78, 5) is 0. The lowest BCUT2D eigenvalue weighted by atomic mass is 10.1. The lowest BCUT2D eigenvalue weighted by Gasteiger charge is -2.01. The van der Waals surface area contributed by atoms with Gasteiger partial charge in [0, 0.05) is 0 Å². The van der Waals surface area contributed by atoms with Gasteiger partial charge in [-0.15, -0.1) is 0 Å². The molecular weight excluding hydrogens is 268 g/mol. The molecule has 0 aliphatic carbocycles. The first-order valence-electron chi connectivity index (χ1n) is 9.64. The molecule has 1 N–H and O–H groups in total. The molecule has 0 bridgehead atoms. The maximum Gasteiger partial charge on any atom is 0.0840 e. The van der Waals surface area contributed by atoms with Gasteiger partial charge in [0.05, 0.1) is 12.6 Å². The number of hydrogen-bond acceptors (Lipinski definition) is 2. The number of nitrogens with one attached hydrogen (secondary N) is 1. The zero-order valence-electron chi connectivity index (χ0n) is 14.9. The summed E-state index contributed by atoms with van der Waals surface area (Å²) in [5, 5.41) is 11.5. The highest BCUT2D eigenvalue weighted by atomic mass is 14.8. The summed E-state index contributed by atoms with van der Waals surface area (Å²) in [5.41, 5.74) is 0. The van der Waals surface area contributed by atoms with Crippen LogP contribution >= 0.6 is 0 Å². The lowest BCUT2D eigenvalue weighted by Crippen LogP contribution is -2.14. The first-order valence-corrected chi connectivity index (χ1v) is 9.64. The predicted octanol–water partition coefficient (Wildman–Crippen LogP) is 6.14. The van der Waals surface area contributed by atoms with E-state index in [9.17, 15) is 0 Å². The molecule has 0 saturated heterocycles. The quantitative estimate of drug-likeness (QED) is 0.199. The normalized spacial score (nSPS) is 11.1. The van der Waals surface area contributed by atoms with Crippen molar-refractivity contribution in [2.75, 3.05) is 13.1 Å². The largest absolute Gasteiger partial charge is 0.304 e. The molecule has 0 fully saturated rings. The van der Waals surface area contributed by atoms with Crippen LogP contribution in [0.25, 0.3) is 0 Å². The molecule has 0 rings (SSSR count). The van der Waals surface area contributed by atoms with Crippen LogP contribution in [0.5, 0.6) is 0 Å². The third-order valence-corrected chi connectivity index (χ3v) is 4.07. The van der Waals surface area contributed by atoms with E-state index in [-0.39, 0.29) is 0 Å². The van der Waals surface area contributed by atoms with Gasteiger partial charge in [-0.1, -0.05) is 76.9 Å². The SMILES string of the molecule is CCCCCCCC/C=C\CCCCCCCCNCC#N. The average molecular weight is 307 g/mol. The fourth-order valence-corrected chi connectivity index (χ4v) is 2.64. The summed E-state index contributed by atoms with van der Waals surface area (Å²) in [6, 6.07) is 2.10. The Balaban J connectivity index is 3.04. The van der Waals surface area contributed by atoms with Gasteiger partial charge in [0.2, 0.25) is 0 Å². The van der Waals surface area contributed by atoms with Crippen molar-refractivity contribution in [1.29, 1.82) is 5.26 Å². The number of allylic oxidation sites excluding steroid dienone is 2. The van der Waals surface area contributed by atoms with E-state index < -0.39 is 0 Å². The van der Waals surface area contributed by atoms with Gasteiger partial charge in [-0.05, 0) is 38.6 Å². The van der Waals surface area contributed by atoms with Crippen LogP contribution in [-0.2, 0) is 0 Å². The highest BCUT2D eigenvalue weighted by Crippen LogP contribution is 2.09. The minimum Gasteiger partial charge on any atom is -0.304 e. The zero-order valence-corrected chi connectivity index (χ0v) is 14.9. The molecule has 0 spiro atoms. The Hall–Kier alpha value is -0.810. The molecule has 0 aromatic rings. The van der Waals surface area contributed by atoms with Crippen LogP contribution in [-0.4, -0.2) is 13.1 Å². The van der Waals surface area contributed by atoms with Crippen LogP contribution in [0.1, 0.15) is 96.8 Å². The van der Waals surface area contributed by atoms with Gasteiger partial charge in [-0.2, -0.15) is 5.26 Å². The van der Waals surface area contributed by atoms with Gasteiger partial charge in [0.25, 0.3) is 0 Å². The van der Waals surface area contributed by atoms with Crippen LogP contribution in [0.2, 0.25) is 0 Å². The van der Waals surface area contributed by atoms with Crippen molar-refractivity contribution < 1.29 is 0 Å². The van der Waals surface area contributed by atoms with E-state index in [0.717, 1.165) is 6.54 Å². The van der Waals surface area contributed by atoms with Crippen LogP contribution in [0.15, 0.2) is 12.2 Å². The summed E-state index contributed by atoms with van der Waals surface area (Å²) >= 11 is 0. The van der Waals surface area contributed by atoms with Crippen molar-refractivity contribution in [3.05, 3.63) is 12.2 Å². The smallest absolute Gasteiger partial charge is 0.0840 e. The number of unbranched alkanes of at least 4 members (excludes halogenated alkanes) is 12. The highest BCUT2D eigenvalue weighted by Gasteiger charge is 1.91. The minimum absolute atomic E-state index is 0.491. The Morgan fingerprint density at radius 1 is 0.727 bits per heavy atom. The second-order valence-electron chi connectivity index (χ2n) is 6.27. The number of hydrogen-bond donors (Lipinski definition) is 1. The fourth-order valence-electron chi connectivity index (χ4n) is 2.64. The summed E-state index contributed by atoms with van der Waals surface area (Å²) in [7, 11) is 0. The van der Waals surface area contributed by atoms with Gasteiger partial charge >= 0.3 is 0 Å². The molecule has 2 heteroatoms. The number of nitrogens with zero attached hydrogens (tertiary/aromatic N) is 1. The van der Waals surface area contributed by atoms with Crippen molar-refractivity contribution >= 4 is 0 Å². The fraction of sp³-hybridized carbons (Fsp3) is 0.850. The summed E-state index contributed by atoms with van der Waals surface area (Å²) < 4.78 is 0. The lowest BCUT2D eigenvalue weighted by molar-refractivity contribution is 0.578. The second-order valence-corrected chi connectivity index (χ2v) is 6.27. The van der Waals surface area contributed by atoms with Gasteiger partial charge in [0.1, 0.15) is 0 Å². The summed E-state index contributed by atoms with van der Waals surface area (Å²) in [5.74, 6) is 0. The van der Waals surface area contributed by atoms with E-state index in [1.165, 1.54) is 89.9 Å². The molecule has 0 radical (unpaired) electrons.